The molecule has 2 aromatic carbocycles. The number of benzene rings is 2. The number of aryl methyl sites for hydroxylation is 1. The molecule has 0 aliphatic heterocycles. The van der Waals surface area contributed by atoms with Crippen LogP contribution in [0.2, 0.25) is 0 Å². The van der Waals surface area contributed by atoms with Gasteiger partial charge in [-0.25, -0.2) is 4.98 Å². The highest BCUT2D eigenvalue weighted by molar-refractivity contribution is 8.00. The van der Waals surface area contributed by atoms with Crippen LogP contribution < -0.4 is 10.3 Å². The summed E-state index contributed by atoms with van der Waals surface area (Å²) in [4.78, 5) is 30.4. The van der Waals surface area contributed by atoms with Gasteiger partial charge in [0.1, 0.15) is 23.4 Å². The Morgan fingerprint density at radius 3 is 2.42 bits per heavy atom. The molecule has 0 N–H and O–H groups in total. The standard InChI is InChI=1S/C26H30N2O4S/c1-4-23(26(30)31-6-3)33-21-14-12-20(13-15-21)32-17-16-28-24(5-2)27-22(18-25(28)29)19-10-8-7-9-11-19/h7-15,18,23H,4-6,16-17H2,1-3H3. The molecule has 1 unspecified atom stereocenters. The number of carbonyl (C=O) groups excluding carboxylic acids is 1. The molecule has 0 saturated heterocycles. The minimum absolute atomic E-state index is 0.0828. The van der Waals surface area contributed by atoms with E-state index in [9.17, 15) is 9.59 Å². The summed E-state index contributed by atoms with van der Waals surface area (Å²) in [6.07, 6.45) is 1.36. The third-order valence-electron chi connectivity index (χ3n) is 5.08. The highest BCUT2D eigenvalue weighted by Gasteiger charge is 2.19. The van der Waals surface area contributed by atoms with E-state index in [0.717, 1.165) is 16.3 Å². The lowest BCUT2D eigenvalue weighted by Crippen LogP contribution is -2.27. The Bertz CT molecular complexity index is 1100. The summed E-state index contributed by atoms with van der Waals surface area (Å²) in [5, 5.41) is -0.220. The normalized spacial score (nSPS) is 11.7. The number of rotatable bonds is 11. The van der Waals surface area contributed by atoms with Crippen LogP contribution in [0.1, 0.15) is 33.0 Å². The second-order valence-corrected chi connectivity index (χ2v) is 8.63. The Balaban J connectivity index is 1.61. The summed E-state index contributed by atoms with van der Waals surface area (Å²) in [5.74, 6) is 1.26. The first-order chi connectivity index (χ1) is 16.0. The lowest BCUT2D eigenvalue weighted by Gasteiger charge is -2.14. The van der Waals surface area contributed by atoms with Crippen LogP contribution in [-0.4, -0.2) is 34.0 Å². The molecule has 6 nitrogen and oxygen atoms in total. The van der Waals surface area contributed by atoms with Crippen LogP contribution >= 0.6 is 11.8 Å². The number of carbonyl (C=O) groups is 1. The molecule has 7 heteroatoms. The van der Waals surface area contributed by atoms with Crippen molar-refractivity contribution in [1.29, 1.82) is 0 Å². The lowest BCUT2D eigenvalue weighted by molar-refractivity contribution is -0.142. The van der Waals surface area contributed by atoms with E-state index in [-0.39, 0.29) is 16.8 Å². The topological polar surface area (TPSA) is 70.4 Å². The largest absolute Gasteiger partial charge is 0.492 e. The maximum absolute atomic E-state index is 12.7. The fourth-order valence-electron chi connectivity index (χ4n) is 3.39. The zero-order chi connectivity index (χ0) is 23.6. The minimum Gasteiger partial charge on any atom is -0.492 e. The van der Waals surface area contributed by atoms with Crippen molar-refractivity contribution in [2.75, 3.05) is 13.2 Å². The molecular formula is C26H30N2O4S. The van der Waals surface area contributed by atoms with Crippen molar-refractivity contribution < 1.29 is 14.3 Å². The zero-order valence-electron chi connectivity index (χ0n) is 19.3. The fraction of sp³-hybridized carbons (Fsp3) is 0.346. The fourth-order valence-corrected chi connectivity index (χ4v) is 4.34. The minimum atomic E-state index is -0.220. The molecular weight excluding hydrogens is 436 g/mol. The Morgan fingerprint density at radius 2 is 1.79 bits per heavy atom. The summed E-state index contributed by atoms with van der Waals surface area (Å²) in [6, 6.07) is 18.9. The zero-order valence-corrected chi connectivity index (χ0v) is 20.1. The van der Waals surface area contributed by atoms with Crippen LogP contribution in [0.5, 0.6) is 5.75 Å². The summed E-state index contributed by atoms with van der Waals surface area (Å²) in [6.45, 7) is 6.93. The highest BCUT2D eigenvalue weighted by atomic mass is 32.2. The van der Waals surface area contributed by atoms with Crippen molar-refractivity contribution in [3.8, 4) is 17.0 Å². The number of thioether (sulfide) groups is 1. The molecule has 1 atom stereocenters. The lowest BCUT2D eigenvalue weighted by atomic mass is 10.1. The molecule has 174 valence electrons. The summed E-state index contributed by atoms with van der Waals surface area (Å²) < 4.78 is 12.7. The average molecular weight is 467 g/mol. The van der Waals surface area contributed by atoms with E-state index in [1.54, 1.807) is 10.6 Å². The Labute approximate surface area is 199 Å². The smallest absolute Gasteiger partial charge is 0.319 e. The first kappa shape index (κ1) is 24.6. The molecule has 0 amide bonds. The van der Waals surface area contributed by atoms with Crippen molar-refractivity contribution in [3.63, 3.8) is 0 Å². The summed E-state index contributed by atoms with van der Waals surface area (Å²) in [5.41, 5.74) is 1.54. The van der Waals surface area contributed by atoms with E-state index >= 15 is 0 Å². The first-order valence-electron chi connectivity index (χ1n) is 11.3. The van der Waals surface area contributed by atoms with Crippen LogP contribution in [-0.2, 0) is 22.5 Å². The Kier molecular flexibility index (Phi) is 9.13. The number of nitrogens with zero attached hydrogens (tertiary/aromatic N) is 2. The van der Waals surface area contributed by atoms with Gasteiger partial charge >= 0.3 is 5.97 Å². The maximum Gasteiger partial charge on any atom is 0.319 e. The van der Waals surface area contributed by atoms with E-state index < -0.39 is 0 Å². The van der Waals surface area contributed by atoms with Gasteiger partial charge in [-0.3, -0.25) is 14.2 Å². The number of ether oxygens (including phenoxy) is 2. The molecule has 1 aromatic heterocycles. The predicted molar refractivity (Wildman–Crippen MR) is 132 cm³/mol. The van der Waals surface area contributed by atoms with Crippen molar-refractivity contribution >= 4 is 17.7 Å². The summed E-state index contributed by atoms with van der Waals surface area (Å²) in [7, 11) is 0. The molecule has 0 spiro atoms. The van der Waals surface area contributed by atoms with Gasteiger partial charge in [0.05, 0.1) is 18.8 Å². The van der Waals surface area contributed by atoms with Gasteiger partial charge < -0.3 is 9.47 Å². The molecule has 0 fully saturated rings. The number of hydrogen-bond donors (Lipinski definition) is 0. The van der Waals surface area contributed by atoms with E-state index in [2.05, 4.69) is 4.98 Å². The Hall–Kier alpha value is -3.06. The Morgan fingerprint density at radius 1 is 1.06 bits per heavy atom. The highest BCUT2D eigenvalue weighted by Crippen LogP contribution is 2.28. The first-order valence-corrected chi connectivity index (χ1v) is 12.2. The number of esters is 1. The summed E-state index contributed by atoms with van der Waals surface area (Å²) >= 11 is 1.49. The molecule has 33 heavy (non-hydrogen) atoms. The number of hydrogen-bond acceptors (Lipinski definition) is 6. The van der Waals surface area contributed by atoms with Gasteiger partial charge in [0.25, 0.3) is 5.56 Å². The average Bonchev–Trinajstić information content (AvgIpc) is 2.84. The van der Waals surface area contributed by atoms with Crippen LogP contribution in [0.25, 0.3) is 11.3 Å². The van der Waals surface area contributed by atoms with Crippen LogP contribution in [0.15, 0.2) is 70.4 Å². The third kappa shape index (κ3) is 6.71. The van der Waals surface area contributed by atoms with E-state index in [4.69, 9.17) is 9.47 Å². The third-order valence-corrected chi connectivity index (χ3v) is 6.43. The molecule has 0 aliphatic rings. The van der Waals surface area contributed by atoms with Crippen LogP contribution in [0.3, 0.4) is 0 Å². The van der Waals surface area contributed by atoms with E-state index in [1.165, 1.54) is 11.8 Å². The van der Waals surface area contributed by atoms with Gasteiger partial charge in [-0.1, -0.05) is 44.2 Å². The van der Waals surface area contributed by atoms with Gasteiger partial charge in [0.2, 0.25) is 0 Å². The molecule has 0 radical (unpaired) electrons. The second-order valence-electron chi connectivity index (χ2n) is 7.35. The quantitative estimate of drug-likeness (QED) is 0.293. The van der Waals surface area contributed by atoms with E-state index in [0.29, 0.717) is 44.0 Å². The monoisotopic (exact) mass is 466 g/mol. The van der Waals surface area contributed by atoms with Crippen molar-refractivity contribution in [3.05, 3.63) is 76.8 Å². The SMILES string of the molecule is CCOC(=O)C(CC)Sc1ccc(OCCn2c(CC)nc(-c3ccccc3)cc2=O)cc1. The van der Waals surface area contributed by atoms with Gasteiger partial charge in [-0.2, -0.15) is 0 Å². The molecule has 0 bridgehead atoms. The maximum atomic E-state index is 12.7. The predicted octanol–water partition coefficient (Wildman–Crippen LogP) is 4.99. The van der Waals surface area contributed by atoms with E-state index in [1.807, 2.05) is 75.4 Å². The van der Waals surface area contributed by atoms with Crippen LogP contribution in [0, 0.1) is 0 Å². The van der Waals surface area contributed by atoms with Crippen molar-refractivity contribution in [2.45, 2.75) is 50.3 Å². The van der Waals surface area contributed by atoms with Gasteiger partial charge in [-0.05, 0) is 37.6 Å². The molecule has 1 heterocycles. The second kappa shape index (κ2) is 12.3. The number of aromatic nitrogens is 2. The molecule has 3 rings (SSSR count). The molecule has 0 aliphatic carbocycles. The van der Waals surface area contributed by atoms with Crippen molar-refractivity contribution in [2.24, 2.45) is 0 Å². The van der Waals surface area contributed by atoms with Gasteiger partial charge in [0, 0.05) is 22.9 Å². The van der Waals surface area contributed by atoms with Gasteiger partial charge in [-0.15, -0.1) is 11.8 Å². The van der Waals surface area contributed by atoms with Crippen molar-refractivity contribution in [1.82, 2.24) is 9.55 Å². The molecule has 3 aromatic rings. The van der Waals surface area contributed by atoms with Crippen LogP contribution in [0.4, 0.5) is 0 Å². The molecule has 0 saturated carbocycles. The van der Waals surface area contributed by atoms with Gasteiger partial charge in [0.15, 0.2) is 0 Å².